The van der Waals surface area contributed by atoms with Gasteiger partial charge in [0.2, 0.25) is 0 Å². The second-order valence-corrected chi connectivity index (χ2v) is 5.83. The molecular formula is C14H21BrN2O3. The summed E-state index contributed by atoms with van der Waals surface area (Å²) in [5, 5.41) is 8.75. The van der Waals surface area contributed by atoms with Crippen molar-refractivity contribution in [3.05, 3.63) is 22.4 Å². The van der Waals surface area contributed by atoms with E-state index in [9.17, 15) is 4.79 Å². The van der Waals surface area contributed by atoms with Gasteiger partial charge in [0.1, 0.15) is 5.69 Å². The van der Waals surface area contributed by atoms with Crippen LogP contribution in [0.3, 0.4) is 0 Å². The van der Waals surface area contributed by atoms with Crippen molar-refractivity contribution in [3.8, 4) is 0 Å². The third kappa shape index (κ3) is 3.62. The molecular weight excluding hydrogens is 324 g/mol. The molecule has 1 saturated heterocycles. The van der Waals surface area contributed by atoms with Crippen molar-refractivity contribution in [1.82, 2.24) is 9.47 Å². The van der Waals surface area contributed by atoms with Crippen LogP contribution in [0.4, 0.5) is 0 Å². The molecule has 0 bridgehead atoms. The average molecular weight is 345 g/mol. The van der Waals surface area contributed by atoms with Crippen molar-refractivity contribution in [2.24, 2.45) is 0 Å². The molecule has 6 heteroatoms. The van der Waals surface area contributed by atoms with Gasteiger partial charge in [-0.15, -0.1) is 0 Å². The van der Waals surface area contributed by atoms with Crippen molar-refractivity contribution in [2.75, 3.05) is 26.3 Å². The van der Waals surface area contributed by atoms with Gasteiger partial charge in [0.05, 0.1) is 19.3 Å². The summed E-state index contributed by atoms with van der Waals surface area (Å²) >= 11 is 3.42. The number of aliphatic hydroxyl groups excluding tert-OH is 1. The van der Waals surface area contributed by atoms with E-state index in [2.05, 4.69) is 15.9 Å². The molecule has 2 rings (SSSR count). The maximum absolute atomic E-state index is 12.5. The van der Waals surface area contributed by atoms with Gasteiger partial charge in [0, 0.05) is 30.3 Å². The van der Waals surface area contributed by atoms with E-state index in [4.69, 9.17) is 9.84 Å². The number of aryl methyl sites for hydroxylation is 1. The number of hydrogen-bond acceptors (Lipinski definition) is 3. The highest BCUT2D eigenvalue weighted by atomic mass is 79.9. The molecule has 2 heterocycles. The maximum Gasteiger partial charge on any atom is 0.270 e. The minimum atomic E-state index is 0.0528. The van der Waals surface area contributed by atoms with Crippen molar-refractivity contribution in [3.63, 3.8) is 0 Å². The number of nitrogens with zero attached hydrogens (tertiary/aromatic N) is 2. The normalized spacial score (nSPS) is 16.6. The minimum absolute atomic E-state index is 0.0528. The molecule has 1 fully saturated rings. The summed E-state index contributed by atoms with van der Waals surface area (Å²) in [6.07, 6.45) is 3.76. The highest BCUT2D eigenvalue weighted by Crippen LogP contribution is 2.20. The number of aromatic nitrogens is 1. The second-order valence-electron chi connectivity index (χ2n) is 4.92. The third-order valence-electron chi connectivity index (χ3n) is 3.60. The number of hydrogen-bond donors (Lipinski definition) is 1. The largest absolute Gasteiger partial charge is 0.394 e. The zero-order chi connectivity index (χ0) is 14.5. The van der Waals surface area contributed by atoms with Crippen molar-refractivity contribution >= 4 is 21.8 Å². The summed E-state index contributed by atoms with van der Waals surface area (Å²) < 4.78 is 8.41. The lowest BCUT2D eigenvalue weighted by Gasteiger charge is -2.32. The van der Waals surface area contributed by atoms with Crippen LogP contribution in [0.25, 0.3) is 0 Å². The molecule has 0 unspecified atom stereocenters. The Morgan fingerprint density at radius 2 is 2.20 bits per heavy atom. The van der Waals surface area contributed by atoms with Crippen LogP contribution in [-0.4, -0.2) is 52.9 Å². The highest BCUT2D eigenvalue weighted by molar-refractivity contribution is 9.10. The fraction of sp³-hybridized carbons (Fsp3) is 0.643. The predicted octanol–water partition coefficient (Wildman–Crippen LogP) is 1.88. The van der Waals surface area contributed by atoms with E-state index in [1.54, 1.807) is 0 Å². The molecule has 0 spiro atoms. The zero-order valence-corrected chi connectivity index (χ0v) is 13.3. The Morgan fingerprint density at radius 3 is 2.80 bits per heavy atom. The Balaban J connectivity index is 1.94. The molecule has 5 nitrogen and oxygen atoms in total. The molecule has 20 heavy (non-hydrogen) atoms. The number of halogens is 1. The Morgan fingerprint density at radius 1 is 1.50 bits per heavy atom. The monoisotopic (exact) mass is 344 g/mol. The Hall–Kier alpha value is -0.850. The van der Waals surface area contributed by atoms with Gasteiger partial charge in [0.25, 0.3) is 5.91 Å². The first-order valence-corrected chi connectivity index (χ1v) is 7.82. The molecule has 1 aromatic heterocycles. The van der Waals surface area contributed by atoms with Gasteiger partial charge in [-0.25, -0.2) is 0 Å². The number of aliphatic hydroxyl groups is 1. The summed E-state index contributed by atoms with van der Waals surface area (Å²) in [6, 6.07) is 1.88. The molecule has 0 atom stereocenters. The van der Waals surface area contributed by atoms with E-state index >= 15 is 0 Å². The van der Waals surface area contributed by atoms with E-state index < -0.39 is 0 Å². The van der Waals surface area contributed by atoms with Gasteiger partial charge in [-0.2, -0.15) is 0 Å². The number of carbonyl (C=O) groups excluding carboxylic acids is 1. The maximum atomic E-state index is 12.5. The smallest absolute Gasteiger partial charge is 0.270 e. The summed E-state index contributed by atoms with van der Waals surface area (Å²) in [4.78, 5) is 14.4. The van der Waals surface area contributed by atoms with Gasteiger partial charge in [0.15, 0.2) is 0 Å². The van der Waals surface area contributed by atoms with Crippen LogP contribution in [0.5, 0.6) is 0 Å². The van der Waals surface area contributed by atoms with Crippen molar-refractivity contribution in [2.45, 2.75) is 32.4 Å². The topological polar surface area (TPSA) is 54.7 Å². The number of amides is 1. The van der Waals surface area contributed by atoms with E-state index in [0.29, 0.717) is 19.7 Å². The first kappa shape index (κ1) is 15.5. The van der Waals surface area contributed by atoms with Crippen molar-refractivity contribution in [1.29, 1.82) is 0 Å². The Kier molecular flexibility index (Phi) is 5.63. The number of carbonyl (C=O) groups is 1. The van der Waals surface area contributed by atoms with Gasteiger partial charge in [-0.05, 0) is 41.8 Å². The first-order chi connectivity index (χ1) is 9.65. The molecule has 0 saturated carbocycles. The molecule has 1 N–H and O–H groups in total. The predicted molar refractivity (Wildman–Crippen MR) is 79.8 cm³/mol. The van der Waals surface area contributed by atoms with Gasteiger partial charge in [-0.1, -0.05) is 0 Å². The lowest BCUT2D eigenvalue weighted by molar-refractivity contribution is -0.00572. The third-order valence-corrected chi connectivity index (χ3v) is 4.03. The van der Waals surface area contributed by atoms with E-state index in [0.717, 1.165) is 29.6 Å². The number of ether oxygens (including phenoxy) is 1. The molecule has 112 valence electrons. The summed E-state index contributed by atoms with van der Waals surface area (Å²) in [6.45, 7) is 4.66. The van der Waals surface area contributed by atoms with Gasteiger partial charge >= 0.3 is 0 Å². The number of rotatable bonds is 5. The summed E-state index contributed by atoms with van der Waals surface area (Å²) in [7, 11) is 0. The molecule has 0 aliphatic carbocycles. The molecule has 0 aromatic carbocycles. The highest BCUT2D eigenvalue weighted by Gasteiger charge is 2.25. The lowest BCUT2D eigenvalue weighted by Crippen LogP contribution is -2.41. The van der Waals surface area contributed by atoms with Crippen LogP contribution >= 0.6 is 15.9 Å². The van der Waals surface area contributed by atoms with Crippen LogP contribution in [0.1, 0.15) is 30.3 Å². The van der Waals surface area contributed by atoms with Crippen LogP contribution < -0.4 is 0 Å². The van der Waals surface area contributed by atoms with E-state index in [-0.39, 0.29) is 18.6 Å². The van der Waals surface area contributed by atoms with Crippen molar-refractivity contribution < 1.29 is 14.6 Å². The van der Waals surface area contributed by atoms with Crippen LogP contribution in [0.2, 0.25) is 0 Å². The molecule has 0 radical (unpaired) electrons. The second kappa shape index (κ2) is 7.24. The van der Waals surface area contributed by atoms with Gasteiger partial charge < -0.3 is 19.3 Å². The van der Waals surface area contributed by atoms with Crippen LogP contribution in [0.15, 0.2) is 16.7 Å². The van der Waals surface area contributed by atoms with Crippen LogP contribution in [-0.2, 0) is 11.3 Å². The lowest BCUT2D eigenvalue weighted by atomic mass is 10.1. The zero-order valence-electron chi connectivity index (χ0n) is 11.7. The fourth-order valence-corrected chi connectivity index (χ4v) is 2.99. The minimum Gasteiger partial charge on any atom is -0.394 e. The van der Waals surface area contributed by atoms with E-state index in [1.807, 2.05) is 28.7 Å². The van der Waals surface area contributed by atoms with Gasteiger partial charge in [-0.3, -0.25) is 4.79 Å². The Labute approximate surface area is 127 Å². The standard InChI is InChI=1S/C14H21BrN2O3/c1-2-16-10-11(15)9-13(16)14(19)17-5-3-12(4-6-17)20-8-7-18/h9-10,12,18H,2-8H2,1H3. The molecule has 1 aliphatic rings. The summed E-state index contributed by atoms with van der Waals surface area (Å²) in [5.74, 6) is 0.0816. The van der Waals surface area contributed by atoms with E-state index in [1.165, 1.54) is 0 Å². The first-order valence-electron chi connectivity index (χ1n) is 7.03. The summed E-state index contributed by atoms with van der Waals surface area (Å²) in [5.41, 5.74) is 0.731. The average Bonchev–Trinajstić information content (AvgIpc) is 2.86. The Bertz CT molecular complexity index is 453. The molecule has 1 amide bonds. The number of piperidine rings is 1. The SMILES string of the molecule is CCn1cc(Br)cc1C(=O)N1CCC(OCCO)CC1. The molecule has 1 aliphatic heterocycles. The fourth-order valence-electron chi connectivity index (χ4n) is 2.52. The quantitative estimate of drug-likeness (QED) is 0.887. The number of likely N-dealkylation sites (tertiary alicyclic amines) is 1. The molecule has 1 aromatic rings. The van der Waals surface area contributed by atoms with Crippen LogP contribution in [0, 0.1) is 0 Å².